The molecular weight excluding hydrogens is 552 g/mol. The van der Waals surface area contributed by atoms with E-state index in [9.17, 15) is 19.8 Å². The Morgan fingerprint density at radius 2 is 0.886 bits per heavy atom. The molecule has 0 spiro atoms. The lowest BCUT2D eigenvalue weighted by molar-refractivity contribution is 0.111. The van der Waals surface area contributed by atoms with Crippen molar-refractivity contribution in [3.63, 3.8) is 0 Å². The predicted octanol–water partition coefficient (Wildman–Crippen LogP) is 7.76. The number of ether oxygens (including phenoxy) is 2. The van der Waals surface area contributed by atoms with Crippen LogP contribution in [0.4, 0.5) is 0 Å². The molecule has 0 saturated carbocycles. The minimum atomic E-state index is 0.149. The summed E-state index contributed by atoms with van der Waals surface area (Å²) in [5.41, 5.74) is 6.98. The summed E-state index contributed by atoms with van der Waals surface area (Å²) in [4.78, 5) is 24.1. The van der Waals surface area contributed by atoms with Crippen LogP contribution in [0.2, 0.25) is 0 Å². The molecule has 1 aliphatic rings. The first-order valence-electron chi connectivity index (χ1n) is 15.5. The lowest BCUT2D eigenvalue weighted by atomic mass is 9.90. The molecule has 4 aromatic carbocycles. The number of aromatic hydroxyl groups is 2. The van der Waals surface area contributed by atoms with Gasteiger partial charge in [0.1, 0.15) is 35.6 Å². The Balaban J connectivity index is 1.75. The van der Waals surface area contributed by atoms with Gasteiger partial charge in [-0.05, 0) is 81.6 Å². The quantitative estimate of drug-likeness (QED) is 0.127. The summed E-state index contributed by atoms with van der Waals surface area (Å²) in [5, 5.41) is 23.2. The Hall–Kier alpha value is -4.58. The van der Waals surface area contributed by atoms with E-state index in [0.29, 0.717) is 83.8 Å². The topological polar surface area (TPSA) is 93.1 Å². The first-order valence-corrected chi connectivity index (χ1v) is 15.5. The number of fused-ring (bicyclic) bond motifs is 8. The van der Waals surface area contributed by atoms with Crippen molar-refractivity contribution >= 4 is 12.6 Å². The van der Waals surface area contributed by atoms with Crippen LogP contribution in [-0.2, 0) is 25.7 Å². The number of hydrogen-bond acceptors (Lipinski definition) is 6. The van der Waals surface area contributed by atoms with Crippen molar-refractivity contribution in [3.8, 4) is 23.0 Å². The second-order valence-electron chi connectivity index (χ2n) is 11.5. The molecule has 0 aliphatic heterocycles. The average molecular weight is 593 g/mol. The number of phenolic OH excluding ortho intramolecular Hbond substituents is 2. The molecule has 6 nitrogen and oxygen atoms in total. The highest BCUT2D eigenvalue weighted by molar-refractivity contribution is 5.78. The van der Waals surface area contributed by atoms with Gasteiger partial charge in [-0.1, -0.05) is 63.1 Å². The number of rotatable bonds is 10. The molecule has 0 radical (unpaired) electrons. The molecule has 0 heterocycles. The van der Waals surface area contributed by atoms with E-state index in [0.717, 1.165) is 60.5 Å². The molecule has 0 atom stereocenters. The van der Waals surface area contributed by atoms with Gasteiger partial charge in [-0.15, -0.1) is 0 Å². The van der Waals surface area contributed by atoms with Crippen LogP contribution < -0.4 is 9.47 Å². The normalized spacial score (nSPS) is 12.4. The van der Waals surface area contributed by atoms with Gasteiger partial charge in [-0.25, -0.2) is 0 Å². The standard InChI is InChI=1S/C38H40O6/c1-3-5-13-43-37-27-9-7-10-28(37)20-32-16-26(24-40)18-34(36(32)42)22-30-12-8-11-29(38(30)44-14-6-4-2)21-33-17-25(23-39)15-31(19-27)35(33)41/h7-12,15-18,23-24,41-42H,3-6,13-14,19-22H2,1-2H3. The molecule has 0 unspecified atom stereocenters. The van der Waals surface area contributed by atoms with Crippen LogP contribution >= 0.6 is 0 Å². The van der Waals surface area contributed by atoms with Crippen molar-refractivity contribution in [1.29, 1.82) is 0 Å². The Bertz CT molecular complexity index is 1440. The summed E-state index contributed by atoms with van der Waals surface area (Å²) in [6.07, 6.45) is 6.72. The van der Waals surface area contributed by atoms with Gasteiger partial charge in [-0.3, -0.25) is 9.59 Å². The molecule has 4 aromatic rings. The minimum absolute atomic E-state index is 0.149. The van der Waals surface area contributed by atoms with E-state index >= 15 is 0 Å². The highest BCUT2D eigenvalue weighted by Gasteiger charge is 2.21. The van der Waals surface area contributed by atoms with Gasteiger partial charge in [-0.2, -0.15) is 0 Å². The molecule has 0 fully saturated rings. The summed E-state index contributed by atoms with van der Waals surface area (Å²) >= 11 is 0. The van der Waals surface area contributed by atoms with E-state index in [1.807, 2.05) is 36.4 Å². The van der Waals surface area contributed by atoms with E-state index < -0.39 is 0 Å². The first kappa shape index (κ1) is 30.9. The number of phenols is 2. The number of unbranched alkanes of at least 4 members (excludes halogenated alkanes) is 2. The van der Waals surface area contributed by atoms with Crippen LogP contribution in [0.5, 0.6) is 23.0 Å². The molecule has 228 valence electrons. The van der Waals surface area contributed by atoms with Crippen molar-refractivity contribution in [1.82, 2.24) is 0 Å². The summed E-state index contributed by atoms with van der Waals surface area (Å²) in [7, 11) is 0. The largest absolute Gasteiger partial charge is 0.507 e. The highest BCUT2D eigenvalue weighted by Crippen LogP contribution is 2.38. The second-order valence-corrected chi connectivity index (χ2v) is 11.5. The van der Waals surface area contributed by atoms with Crippen molar-refractivity contribution in [2.45, 2.75) is 65.2 Å². The summed E-state index contributed by atoms with van der Waals surface area (Å²) in [6, 6.07) is 18.7. The number of aldehydes is 2. The van der Waals surface area contributed by atoms with Gasteiger partial charge in [0.05, 0.1) is 13.2 Å². The maximum Gasteiger partial charge on any atom is 0.150 e. The summed E-state index contributed by atoms with van der Waals surface area (Å²) in [5.74, 6) is 1.69. The maximum atomic E-state index is 12.1. The van der Waals surface area contributed by atoms with Gasteiger partial charge in [0.2, 0.25) is 0 Å². The fraction of sp³-hybridized carbons (Fsp3) is 0.316. The smallest absolute Gasteiger partial charge is 0.150 e. The molecular formula is C38H40O6. The molecule has 5 rings (SSSR count). The van der Waals surface area contributed by atoms with E-state index in [2.05, 4.69) is 13.8 Å². The monoisotopic (exact) mass is 592 g/mol. The molecule has 0 amide bonds. The fourth-order valence-electron chi connectivity index (χ4n) is 5.91. The molecule has 1 aliphatic carbocycles. The van der Waals surface area contributed by atoms with E-state index in [1.165, 1.54) is 0 Å². The first-order chi connectivity index (χ1) is 21.4. The third kappa shape index (κ3) is 6.80. The van der Waals surface area contributed by atoms with Gasteiger partial charge in [0, 0.05) is 36.8 Å². The SMILES string of the molecule is CCCCOc1c2cccc1Cc1cc(C=O)cc(c1O)Cc1cccc(c1OCCCC)Cc1cc(C=O)cc(c1O)C2. The third-order valence-corrected chi connectivity index (χ3v) is 8.22. The molecule has 0 aromatic heterocycles. The van der Waals surface area contributed by atoms with Crippen LogP contribution in [0.25, 0.3) is 0 Å². The molecule has 6 heteroatoms. The van der Waals surface area contributed by atoms with Crippen LogP contribution in [0, 0.1) is 0 Å². The van der Waals surface area contributed by atoms with Gasteiger partial charge in [0.25, 0.3) is 0 Å². The van der Waals surface area contributed by atoms with Crippen LogP contribution in [0.1, 0.15) is 105 Å². The van der Waals surface area contributed by atoms with Crippen LogP contribution in [-0.4, -0.2) is 36.0 Å². The molecule has 8 bridgehead atoms. The van der Waals surface area contributed by atoms with Crippen LogP contribution in [0.15, 0.2) is 60.7 Å². The molecule has 2 N–H and O–H groups in total. The molecule has 44 heavy (non-hydrogen) atoms. The van der Waals surface area contributed by atoms with E-state index in [-0.39, 0.29) is 11.5 Å². The second kappa shape index (κ2) is 14.3. The van der Waals surface area contributed by atoms with Gasteiger partial charge < -0.3 is 19.7 Å². The zero-order chi connectivity index (χ0) is 31.1. The van der Waals surface area contributed by atoms with Crippen molar-refractivity contribution in [2.75, 3.05) is 13.2 Å². The Labute approximate surface area is 259 Å². The van der Waals surface area contributed by atoms with Crippen molar-refractivity contribution in [2.24, 2.45) is 0 Å². The zero-order valence-corrected chi connectivity index (χ0v) is 25.5. The maximum absolute atomic E-state index is 12.1. The zero-order valence-electron chi connectivity index (χ0n) is 25.5. The number of para-hydroxylation sites is 2. The Morgan fingerprint density at radius 3 is 1.16 bits per heavy atom. The van der Waals surface area contributed by atoms with E-state index in [4.69, 9.17) is 9.47 Å². The highest BCUT2D eigenvalue weighted by atomic mass is 16.5. The average Bonchev–Trinajstić information content (AvgIpc) is 3.02. The lowest BCUT2D eigenvalue weighted by Crippen LogP contribution is -2.08. The number of carbonyl (C=O) groups excluding carboxylic acids is 2. The number of hydrogen-bond donors (Lipinski definition) is 2. The molecule has 0 saturated heterocycles. The minimum Gasteiger partial charge on any atom is -0.507 e. The number of benzene rings is 4. The number of carbonyl (C=O) groups is 2. The fourth-order valence-corrected chi connectivity index (χ4v) is 5.91. The van der Waals surface area contributed by atoms with Gasteiger partial charge >= 0.3 is 0 Å². The van der Waals surface area contributed by atoms with Crippen molar-refractivity contribution < 1.29 is 29.3 Å². The lowest BCUT2D eigenvalue weighted by Gasteiger charge is -2.21. The predicted molar refractivity (Wildman–Crippen MR) is 172 cm³/mol. The van der Waals surface area contributed by atoms with Gasteiger partial charge in [0.15, 0.2) is 0 Å². The Kier molecular flexibility index (Phi) is 10.0. The Morgan fingerprint density at radius 1 is 0.568 bits per heavy atom. The third-order valence-electron chi connectivity index (χ3n) is 8.22. The van der Waals surface area contributed by atoms with Crippen molar-refractivity contribution in [3.05, 3.63) is 116 Å². The van der Waals surface area contributed by atoms with Crippen LogP contribution in [0.3, 0.4) is 0 Å². The summed E-state index contributed by atoms with van der Waals surface area (Å²) in [6.45, 7) is 5.25. The summed E-state index contributed by atoms with van der Waals surface area (Å²) < 4.78 is 12.7. The van der Waals surface area contributed by atoms with E-state index in [1.54, 1.807) is 24.3 Å².